The van der Waals surface area contributed by atoms with Gasteiger partial charge in [-0.3, -0.25) is 9.10 Å². The second kappa shape index (κ2) is 8.06. The molecule has 2 aromatic carbocycles. The van der Waals surface area contributed by atoms with Gasteiger partial charge >= 0.3 is 0 Å². The van der Waals surface area contributed by atoms with Crippen LogP contribution in [0, 0.1) is 0 Å². The molecule has 144 valence electrons. The molecule has 0 radical (unpaired) electrons. The van der Waals surface area contributed by atoms with Gasteiger partial charge in [0.15, 0.2) is 11.5 Å². The summed E-state index contributed by atoms with van der Waals surface area (Å²) < 4.78 is 36.6. The maximum absolute atomic E-state index is 12.5. The van der Waals surface area contributed by atoms with Crippen LogP contribution >= 0.6 is 11.6 Å². The molecule has 0 saturated carbocycles. The first-order valence-corrected chi connectivity index (χ1v) is 10.3. The van der Waals surface area contributed by atoms with Gasteiger partial charge in [0, 0.05) is 17.6 Å². The Balaban J connectivity index is 1.74. The summed E-state index contributed by atoms with van der Waals surface area (Å²) in [7, 11) is -3.66. The van der Waals surface area contributed by atoms with E-state index in [0.717, 1.165) is 9.87 Å². The summed E-state index contributed by atoms with van der Waals surface area (Å²) in [6.07, 6.45) is 0. The lowest BCUT2D eigenvalue weighted by atomic mass is 10.2. The van der Waals surface area contributed by atoms with E-state index in [9.17, 15) is 13.2 Å². The van der Waals surface area contributed by atoms with Crippen molar-refractivity contribution in [1.29, 1.82) is 0 Å². The number of ether oxygens (including phenoxy) is 2. The molecule has 0 atom stereocenters. The Kier molecular flexibility index (Phi) is 5.76. The summed E-state index contributed by atoms with van der Waals surface area (Å²) in [5.41, 5.74) is 1.21. The number of hydrogen-bond donors (Lipinski definition) is 1. The molecule has 1 amide bonds. The molecule has 0 fully saturated rings. The zero-order valence-corrected chi connectivity index (χ0v) is 16.2. The fourth-order valence-corrected chi connectivity index (χ4v) is 3.72. The Bertz CT molecular complexity index is 931. The number of sulfonamides is 1. The second-order valence-electron chi connectivity index (χ2n) is 5.85. The Morgan fingerprint density at radius 3 is 2.56 bits per heavy atom. The number of hydrogen-bond acceptors (Lipinski definition) is 5. The second-order valence-corrected chi connectivity index (χ2v) is 8.47. The minimum atomic E-state index is -3.66. The largest absolute Gasteiger partial charge is 0.454 e. The first-order chi connectivity index (χ1) is 12.9. The number of nitrogens with one attached hydrogen (secondary N) is 1. The summed E-state index contributed by atoms with van der Waals surface area (Å²) >= 11 is 5.84. The molecule has 0 spiro atoms. The van der Waals surface area contributed by atoms with E-state index in [0.29, 0.717) is 22.2 Å². The molecule has 3 rings (SSSR count). The lowest BCUT2D eigenvalue weighted by Gasteiger charge is -2.23. The van der Waals surface area contributed by atoms with E-state index in [1.54, 1.807) is 42.5 Å². The SMILES string of the molecule is CCS(=O)(=O)N(CC(=O)NCc1ccc(Cl)cc1)c1ccc2c(c1)OCO2. The third-order valence-electron chi connectivity index (χ3n) is 4.03. The highest BCUT2D eigenvalue weighted by atomic mass is 35.5. The quantitative estimate of drug-likeness (QED) is 0.758. The Hall–Kier alpha value is -2.45. The van der Waals surface area contributed by atoms with Crippen LogP contribution in [0.4, 0.5) is 5.69 Å². The number of nitrogens with zero attached hydrogens (tertiary/aromatic N) is 1. The van der Waals surface area contributed by atoms with Gasteiger partial charge in [-0.15, -0.1) is 0 Å². The average molecular weight is 411 g/mol. The van der Waals surface area contributed by atoms with E-state index in [1.165, 1.54) is 6.92 Å². The van der Waals surface area contributed by atoms with Crippen molar-refractivity contribution >= 4 is 33.2 Å². The molecule has 1 N–H and O–H groups in total. The molecule has 2 aromatic rings. The van der Waals surface area contributed by atoms with Crippen molar-refractivity contribution in [3.05, 3.63) is 53.1 Å². The molecule has 0 aliphatic carbocycles. The topological polar surface area (TPSA) is 84.9 Å². The van der Waals surface area contributed by atoms with Gasteiger partial charge in [0.1, 0.15) is 6.54 Å². The van der Waals surface area contributed by atoms with E-state index in [2.05, 4.69) is 5.32 Å². The molecule has 1 aliphatic rings. The first kappa shape index (κ1) is 19.3. The van der Waals surface area contributed by atoms with Gasteiger partial charge in [-0.25, -0.2) is 8.42 Å². The summed E-state index contributed by atoms with van der Waals surface area (Å²) in [6, 6.07) is 11.8. The third kappa shape index (κ3) is 4.64. The zero-order chi connectivity index (χ0) is 19.4. The average Bonchev–Trinajstić information content (AvgIpc) is 3.13. The Morgan fingerprint density at radius 2 is 1.85 bits per heavy atom. The first-order valence-electron chi connectivity index (χ1n) is 8.30. The number of anilines is 1. The van der Waals surface area contributed by atoms with Crippen molar-refractivity contribution in [3.63, 3.8) is 0 Å². The van der Waals surface area contributed by atoms with Crippen molar-refractivity contribution in [1.82, 2.24) is 5.32 Å². The van der Waals surface area contributed by atoms with Gasteiger partial charge < -0.3 is 14.8 Å². The highest BCUT2D eigenvalue weighted by molar-refractivity contribution is 7.92. The number of halogens is 1. The van der Waals surface area contributed by atoms with E-state index >= 15 is 0 Å². The third-order valence-corrected chi connectivity index (χ3v) is 6.03. The van der Waals surface area contributed by atoms with E-state index < -0.39 is 15.9 Å². The van der Waals surface area contributed by atoms with Crippen LogP contribution in [0.5, 0.6) is 11.5 Å². The predicted octanol–water partition coefficient (Wildman–Crippen LogP) is 2.54. The summed E-state index contributed by atoms with van der Waals surface area (Å²) in [5.74, 6) is 0.441. The van der Waals surface area contributed by atoms with Crippen LogP contribution in [-0.2, 0) is 21.4 Å². The predicted molar refractivity (Wildman–Crippen MR) is 103 cm³/mol. The van der Waals surface area contributed by atoms with E-state index in [4.69, 9.17) is 21.1 Å². The van der Waals surface area contributed by atoms with Gasteiger partial charge in [-0.1, -0.05) is 23.7 Å². The van der Waals surface area contributed by atoms with Crippen molar-refractivity contribution in [2.75, 3.05) is 23.4 Å². The van der Waals surface area contributed by atoms with Crippen molar-refractivity contribution in [2.24, 2.45) is 0 Å². The maximum atomic E-state index is 12.5. The number of fused-ring (bicyclic) bond motifs is 1. The van der Waals surface area contributed by atoms with Crippen LogP contribution in [0.3, 0.4) is 0 Å². The fourth-order valence-electron chi connectivity index (χ4n) is 2.54. The minimum absolute atomic E-state index is 0.0842. The van der Waals surface area contributed by atoms with Crippen molar-refractivity contribution in [3.8, 4) is 11.5 Å². The molecule has 0 unspecified atom stereocenters. The highest BCUT2D eigenvalue weighted by Gasteiger charge is 2.25. The highest BCUT2D eigenvalue weighted by Crippen LogP contribution is 2.36. The van der Waals surface area contributed by atoms with Gasteiger partial charge in [0.05, 0.1) is 11.4 Å². The summed E-state index contributed by atoms with van der Waals surface area (Å²) in [4.78, 5) is 12.4. The number of benzene rings is 2. The molecule has 7 nitrogen and oxygen atoms in total. The fraction of sp³-hybridized carbons (Fsp3) is 0.278. The molecule has 1 heterocycles. The van der Waals surface area contributed by atoms with Crippen LogP contribution in [0.2, 0.25) is 5.02 Å². The molecular formula is C18H19ClN2O5S. The molecule has 0 bridgehead atoms. The summed E-state index contributed by atoms with van der Waals surface area (Å²) in [5, 5.41) is 3.33. The number of carbonyl (C=O) groups is 1. The van der Waals surface area contributed by atoms with Crippen LogP contribution in [0.15, 0.2) is 42.5 Å². The molecular weight excluding hydrogens is 392 g/mol. The Labute approximate surface area is 162 Å². The van der Waals surface area contributed by atoms with Gasteiger partial charge in [0.2, 0.25) is 22.7 Å². The maximum Gasteiger partial charge on any atom is 0.241 e. The minimum Gasteiger partial charge on any atom is -0.454 e. The van der Waals surface area contributed by atoms with Crippen LogP contribution in [0.1, 0.15) is 12.5 Å². The number of rotatable bonds is 7. The van der Waals surface area contributed by atoms with Gasteiger partial charge in [-0.2, -0.15) is 0 Å². The molecule has 0 saturated heterocycles. The number of carbonyl (C=O) groups excluding carboxylic acids is 1. The summed E-state index contributed by atoms with van der Waals surface area (Å²) in [6.45, 7) is 1.56. The van der Waals surface area contributed by atoms with E-state index in [1.807, 2.05) is 0 Å². The zero-order valence-electron chi connectivity index (χ0n) is 14.6. The number of amides is 1. The van der Waals surface area contributed by atoms with Gasteiger partial charge in [0.25, 0.3) is 0 Å². The standard InChI is InChI=1S/C18H19ClN2O5S/c1-2-27(23,24)21(15-7-8-16-17(9-15)26-12-25-16)11-18(22)20-10-13-3-5-14(19)6-4-13/h3-9H,2,10-12H2,1H3,(H,20,22). The van der Waals surface area contributed by atoms with E-state index in [-0.39, 0.29) is 25.6 Å². The van der Waals surface area contributed by atoms with Crippen molar-refractivity contribution in [2.45, 2.75) is 13.5 Å². The van der Waals surface area contributed by atoms with Crippen molar-refractivity contribution < 1.29 is 22.7 Å². The lowest BCUT2D eigenvalue weighted by Crippen LogP contribution is -2.41. The Morgan fingerprint density at radius 1 is 1.15 bits per heavy atom. The van der Waals surface area contributed by atoms with Crippen LogP contribution in [-0.4, -0.2) is 33.4 Å². The molecule has 1 aliphatic heterocycles. The molecule has 0 aromatic heterocycles. The van der Waals surface area contributed by atoms with Crippen LogP contribution in [0.25, 0.3) is 0 Å². The van der Waals surface area contributed by atoms with Crippen LogP contribution < -0.4 is 19.1 Å². The lowest BCUT2D eigenvalue weighted by molar-refractivity contribution is -0.119. The molecule has 9 heteroatoms. The van der Waals surface area contributed by atoms with Gasteiger partial charge in [-0.05, 0) is 36.8 Å². The smallest absolute Gasteiger partial charge is 0.241 e. The molecule has 27 heavy (non-hydrogen) atoms. The monoisotopic (exact) mass is 410 g/mol. The normalized spacial score (nSPS) is 12.7.